The molecule has 1 unspecified atom stereocenters. The number of hydrogen-bond acceptors (Lipinski definition) is 0. The summed E-state index contributed by atoms with van der Waals surface area (Å²) in [5, 5.41) is 1.37. The summed E-state index contributed by atoms with van der Waals surface area (Å²) in [5.41, 5.74) is 1.40. The minimum Gasteiger partial charge on any atom is -0.347 e. The summed E-state index contributed by atoms with van der Waals surface area (Å²) in [6.07, 6.45) is 11.9. The molecule has 0 spiro atoms. The van der Waals surface area contributed by atoms with E-state index in [0.717, 1.165) is 11.8 Å². The summed E-state index contributed by atoms with van der Waals surface area (Å²) in [7, 11) is 0. The number of fused-ring (bicyclic) bond motifs is 1. The molecule has 0 aliphatic carbocycles. The van der Waals surface area contributed by atoms with Crippen LogP contribution in [0, 0.1) is 11.8 Å². The summed E-state index contributed by atoms with van der Waals surface area (Å²) in [5.74, 6) is 1.67. The van der Waals surface area contributed by atoms with Crippen molar-refractivity contribution >= 4 is 10.9 Å². The van der Waals surface area contributed by atoms with Gasteiger partial charge in [-0.05, 0) is 42.2 Å². The van der Waals surface area contributed by atoms with Crippen molar-refractivity contribution in [2.45, 2.75) is 72.3 Å². The van der Waals surface area contributed by atoms with Crippen molar-refractivity contribution in [3.8, 4) is 0 Å². The second-order valence-corrected chi connectivity index (χ2v) is 7.21. The number of nitrogens with zero attached hydrogens (tertiary/aromatic N) is 1. The second kappa shape index (κ2) is 9.02. The molecule has 1 atom stereocenters. The van der Waals surface area contributed by atoms with E-state index in [2.05, 4.69) is 61.9 Å². The van der Waals surface area contributed by atoms with Gasteiger partial charge in [0.1, 0.15) is 0 Å². The summed E-state index contributed by atoms with van der Waals surface area (Å²) in [6.45, 7) is 8.17. The highest BCUT2D eigenvalue weighted by Gasteiger charge is 2.11. The Morgan fingerprint density at radius 2 is 1.68 bits per heavy atom. The predicted octanol–water partition coefficient (Wildman–Crippen LogP) is 6.66. The summed E-state index contributed by atoms with van der Waals surface area (Å²) < 4.78 is 2.47. The lowest BCUT2D eigenvalue weighted by molar-refractivity contribution is 0.356. The fraction of sp³-hybridized carbons (Fsp3) is 0.619. The number of benzene rings is 1. The highest BCUT2D eigenvalue weighted by Crippen LogP contribution is 2.23. The van der Waals surface area contributed by atoms with Crippen molar-refractivity contribution in [1.29, 1.82) is 0 Å². The number of hydrogen-bond donors (Lipinski definition) is 0. The van der Waals surface area contributed by atoms with E-state index in [0.29, 0.717) is 0 Å². The fourth-order valence-corrected chi connectivity index (χ4v) is 3.40. The van der Waals surface area contributed by atoms with E-state index in [4.69, 9.17) is 0 Å². The molecule has 1 aromatic heterocycles. The number of para-hydroxylation sites is 1. The summed E-state index contributed by atoms with van der Waals surface area (Å²) in [6, 6.07) is 11.0. The molecule has 1 heteroatoms. The van der Waals surface area contributed by atoms with Gasteiger partial charge < -0.3 is 4.57 Å². The molecule has 0 bridgehead atoms. The smallest absolute Gasteiger partial charge is 0.0480 e. The maximum absolute atomic E-state index is 2.47. The summed E-state index contributed by atoms with van der Waals surface area (Å²) >= 11 is 0. The molecule has 2 rings (SSSR count). The first-order valence-electron chi connectivity index (χ1n) is 9.24. The second-order valence-electron chi connectivity index (χ2n) is 7.21. The third-order valence-corrected chi connectivity index (χ3v) is 4.74. The molecule has 0 amide bonds. The molecular weight excluding hydrogens is 266 g/mol. The maximum atomic E-state index is 2.47. The van der Waals surface area contributed by atoms with Crippen LogP contribution < -0.4 is 0 Å². The Hall–Kier alpha value is -1.24. The lowest BCUT2D eigenvalue weighted by atomic mass is 9.93. The SMILES string of the molecule is CCCCCC(CCCC(C)C)Cn1ccc2ccccc21. The molecule has 0 N–H and O–H groups in total. The van der Waals surface area contributed by atoms with Crippen molar-refractivity contribution in [3.05, 3.63) is 36.5 Å². The molecule has 0 saturated carbocycles. The topological polar surface area (TPSA) is 4.93 Å². The van der Waals surface area contributed by atoms with Gasteiger partial charge in [0, 0.05) is 18.3 Å². The van der Waals surface area contributed by atoms with Crippen molar-refractivity contribution in [2.24, 2.45) is 11.8 Å². The van der Waals surface area contributed by atoms with Crippen LogP contribution in [0.15, 0.2) is 36.5 Å². The zero-order valence-electron chi connectivity index (χ0n) is 14.7. The van der Waals surface area contributed by atoms with E-state index in [1.54, 1.807) is 0 Å². The van der Waals surface area contributed by atoms with Gasteiger partial charge in [-0.25, -0.2) is 0 Å². The maximum Gasteiger partial charge on any atom is 0.0480 e. The van der Waals surface area contributed by atoms with Gasteiger partial charge in [-0.2, -0.15) is 0 Å². The molecule has 2 aromatic rings. The van der Waals surface area contributed by atoms with Crippen LogP contribution in [0.2, 0.25) is 0 Å². The number of unbranched alkanes of at least 4 members (excludes halogenated alkanes) is 2. The Morgan fingerprint density at radius 3 is 2.45 bits per heavy atom. The van der Waals surface area contributed by atoms with E-state index in [-0.39, 0.29) is 0 Å². The fourth-order valence-electron chi connectivity index (χ4n) is 3.40. The van der Waals surface area contributed by atoms with E-state index >= 15 is 0 Å². The van der Waals surface area contributed by atoms with Crippen LogP contribution in [0.4, 0.5) is 0 Å². The molecular formula is C21H33N. The van der Waals surface area contributed by atoms with Crippen LogP contribution in [-0.2, 0) is 6.54 Å². The Balaban J connectivity index is 1.97. The van der Waals surface area contributed by atoms with Gasteiger partial charge in [0.25, 0.3) is 0 Å². The molecule has 1 aromatic carbocycles. The van der Waals surface area contributed by atoms with Gasteiger partial charge in [0.05, 0.1) is 0 Å². The van der Waals surface area contributed by atoms with Gasteiger partial charge in [-0.1, -0.05) is 71.1 Å². The van der Waals surface area contributed by atoms with Crippen molar-refractivity contribution in [2.75, 3.05) is 0 Å². The largest absolute Gasteiger partial charge is 0.347 e. The van der Waals surface area contributed by atoms with E-state index in [1.807, 2.05) is 0 Å². The monoisotopic (exact) mass is 299 g/mol. The molecule has 122 valence electrons. The van der Waals surface area contributed by atoms with Crippen LogP contribution in [0.1, 0.15) is 65.7 Å². The van der Waals surface area contributed by atoms with Crippen LogP contribution in [0.25, 0.3) is 10.9 Å². The third kappa shape index (κ3) is 5.19. The Morgan fingerprint density at radius 1 is 0.909 bits per heavy atom. The zero-order valence-corrected chi connectivity index (χ0v) is 14.7. The highest BCUT2D eigenvalue weighted by atomic mass is 15.0. The van der Waals surface area contributed by atoms with E-state index in [1.165, 1.54) is 62.4 Å². The number of rotatable bonds is 10. The van der Waals surface area contributed by atoms with Crippen molar-refractivity contribution in [1.82, 2.24) is 4.57 Å². The van der Waals surface area contributed by atoms with E-state index in [9.17, 15) is 0 Å². The third-order valence-electron chi connectivity index (χ3n) is 4.74. The lowest BCUT2D eigenvalue weighted by Gasteiger charge is -2.19. The molecule has 1 nitrogen and oxygen atoms in total. The van der Waals surface area contributed by atoms with E-state index < -0.39 is 0 Å². The first-order valence-corrected chi connectivity index (χ1v) is 9.24. The predicted molar refractivity (Wildman–Crippen MR) is 98.3 cm³/mol. The first-order chi connectivity index (χ1) is 10.7. The summed E-state index contributed by atoms with van der Waals surface area (Å²) in [4.78, 5) is 0. The normalized spacial score (nSPS) is 13.1. The quantitative estimate of drug-likeness (QED) is 0.432. The molecule has 0 aliphatic heterocycles. The molecule has 22 heavy (non-hydrogen) atoms. The Labute approximate surface area is 136 Å². The molecule has 1 heterocycles. The zero-order chi connectivity index (χ0) is 15.8. The standard InChI is InChI=1S/C21H33N/c1-4-5-6-11-19(12-9-10-18(2)3)17-22-16-15-20-13-7-8-14-21(20)22/h7-8,13-16,18-19H,4-6,9-12,17H2,1-3H3. The van der Waals surface area contributed by atoms with Gasteiger partial charge in [0.2, 0.25) is 0 Å². The van der Waals surface area contributed by atoms with Gasteiger partial charge in [-0.15, -0.1) is 0 Å². The molecule has 0 aliphatic rings. The highest BCUT2D eigenvalue weighted by molar-refractivity contribution is 5.79. The van der Waals surface area contributed by atoms with Crippen LogP contribution in [0.5, 0.6) is 0 Å². The van der Waals surface area contributed by atoms with Crippen LogP contribution >= 0.6 is 0 Å². The van der Waals surface area contributed by atoms with Crippen molar-refractivity contribution < 1.29 is 0 Å². The lowest BCUT2D eigenvalue weighted by Crippen LogP contribution is -2.11. The average Bonchev–Trinajstić information content (AvgIpc) is 2.90. The van der Waals surface area contributed by atoms with Gasteiger partial charge in [0.15, 0.2) is 0 Å². The minimum atomic E-state index is 0.834. The van der Waals surface area contributed by atoms with Crippen LogP contribution in [-0.4, -0.2) is 4.57 Å². The van der Waals surface area contributed by atoms with Crippen LogP contribution in [0.3, 0.4) is 0 Å². The Bertz CT molecular complexity index is 538. The Kier molecular flexibility index (Phi) is 7.02. The van der Waals surface area contributed by atoms with Gasteiger partial charge in [-0.3, -0.25) is 0 Å². The molecule has 0 fully saturated rings. The average molecular weight is 300 g/mol. The van der Waals surface area contributed by atoms with Gasteiger partial charge >= 0.3 is 0 Å². The number of aromatic nitrogens is 1. The first kappa shape index (κ1) is 17.1. The molecule has 0 saturated heterocycles. The minimum absolute atomic E-state index is 0.834. The van der Waals surface area contributed by atoms with Crippen molar-refractivity contribution in [3.63, 3.8) is 0 Å². The molecule has 0 radical (unpaired) electrons.